The Labute approximate surface area is 170 Å². The Bertz CT molecular complexity index is 882. The third kappa shape index (κ3) is 3.78. The number of carbonyl (C=O) groups excluding carboxylic acids is 1. The van der Waals surface area contributed by atoms with Gasteiger partial charge in [-0.2, -0.15) is 0 Å². The predicted octanol–water partition coefficient (Wildman–Crippen LogP) is 5.09. The summed E-state index contributed by atoms with van der Waals surface area (Å²) in [5.41, 5.74) is 4.14. The smallest absolute Gasteiger partial charge is 0.258 e. The third-order valence-electron chi connectivity index (χ3n) is 5.36. The summed E-state index contributed by atoms with van der Waals surface area (Å²) < 4.78 is 11.5. The standard InChI is InChI=1S/C21H26BrNO3Si/c1-23(17-9-10-18(25-2)20(26-3)19(17)22)21(24)15-8-6-7-14-11-12-27(4,5)13-16(14)15/h6-10H,11-13H2,1-5H3. The minimum atomic E-state index is -1.29. The molecule has 0 fully saturated rings. The van der Waals surface area contributed by atoms with Gasteiger partial charge in [-0.1, -0.05) is 31.3 Å². The molecule has 0 radical (unpaired) electrons. The van der Waals surface area contributed by atoms with Crippen molar-refractivity contribution < 1.29 is 14.3 Å². The molecule has 0 saturated carbocycles. The minimum Gasteiger partial charge on any atom is -0.493 e. The molecule has 3 rings (SSSR count). The second-order valence-corrected chi connectivity index (χ2v) is 13.8. The van der Waals surface area contributed by atoms with E-state index in [1.54, 1.807) is 26.2 Å². The van der Waals surface area contributed by atoms with Crippen molar-refractivity contribution in [3.63, 3.8) is 0 Å². The molecule has 1 heterocycles. The average molecular weight is 448 g/mol. The van der Waals surface area contributed by atoms with Gasteiger partial charge in [0.25, 0.3) is 5.91 Å². The lowest BCUT2D eigenvalue weighted by Gasteiger charge is -2.31. The molecule has 27 heavy (non-hydrogen) atoms. The number of methoxy groups -OCH3 is 2. The van der Waals surface area contributed by atoms with Gasteiger partial charge in [0, 0.05) is 12.6 Å². The summed E-state index contributed by atoms with van der Waals surface area (Å²) in [6.07, 6.45) is 1.08. The molecular weight excluding hydrogens is 422 g/mol. The highest BCUT2D eigenvalue weighted by molar-refractivity contribution is 9.10. The Hall–Kier alpha value is -1.79. The molecule has 6 heteroatoms. The summed E-state index contributed by atoms with van der Waals surface area (Å²) in [6.45, 7) is 4.82. The fraction of sp³-hybridized carbons (Fsp3) is 0.381. The molecule has 0 N–H and O–H groups in total. The van der Waals surface area contributed by atoms with E-state index in [2.05, 4.69) is 35.1 Å². The topological polar surface area (TPSA) is 38.8 Å². The van der Waals surface area contributed by atoms with Gasteiger partial charge in [-0.05, 0) is 57.7 Å². The molecular formula is C21H26BrNO3Si. The number of anilines is 1. The van der Waals surface area contributed by atoms with Crippen LogP contribution in [0.15, 0.2) is 34.8 Å². The molecule has 0 spiro atoms. The Kier molecular flexibility index (Phi) is 5.67. The zero-order valence-corrected chi connectivity index (χ0v) is 19.1. The van der Waals surface area contributed by atoms with Crippen molar-refractivity contribution in [2.75, 3.05) is 26.2 Å². The van der Waals surface area contributed by atoms with Crippen LogP contribution < -0.4 is 14.4 Å². The molecule has 2 aromatic rings. The Morgan fingerprint density at radius 3 is 2.56 bits per heavy atom. The van der Waals surface area contributed by atoms with Crippen LogP contribution in [0.3, 0.4) is 0 Å². The Morgan fingerprint density at radius 1 is 1.15 bits per heavy atom. The van der Waals surface area contributed by atoms with E-state index < -0.39 is 8.07 Å². The number of halogens is 1. The molecule has 0 aromatic heterocycles. The number of aryl methyl sites for hydroxylation is 1. The van der Waals surface area contributed by atoms with Gasteiger partial charge in [-0.15, -0.1) is 0 Å². The summed E-state index contributed by atoms with van der Waals surface area (Å²) in [6, 6.07) is 12.2. The average Bonchev–Trinajstić information content (AvgIpc) is 2.65. The van der Waals surface area contributed by atoms with Crippen molar-refractivity contribution in [2.45, 2.75) is 31.6 Å². The lowest BCUT2D eigenvalue weighted by Crippen LogP contribution is -2.36. The van der Waals surface area contributed by atoms with E-state index in [4.69, 9.17) is 9.47 Å². The zero-order valence-electron chi connectivity index (χ0n) is 16.6. The first-order valence-electron chi connectivity index (χ1n) is 9.08. The van der Waals surface area contributed by atoms with E-state index in [9.17, 15) is 4.79 Å². The van der Waals surface area contributed by atoms with Gasteiger partial charge < -0.3 is 14.4 Å². The van der Waals surface area contributed by atoms with Gasteiger partial charge in [0.05, 0.1) is 32.5 Å². The molecule has 144 valence electrons. The van der Waals surface area contributed by atoms with Gasteiger partial charge in [0.15, 0.2) is 11.5 Å². The van der Waals surface area contributed by atoms with Crippen LogP contribution in [0.25, 0.3) is 0 Å². The largest absolute Gasteiger partial charge is 0.493 e. The SMILES string of the molecule is COc1ccc(N(C)C(=O)c2cccc3c2C[Si](C)(C)CC3)c(Br)c1OC. The number of ether oxygens (including phenoxy) is 2. The van der Waals surface area contributed by atoms with Crippen LogP contribution in [0.2, 0.25) is 19.1 Å². The van der Waals surface area contributed by atoms with E-state index in [1.165, 1.54) is 17.2 Å². The van der Waals surface area contributed by atoms with Gasteiger partial charge in [0.2, 0.25) is 0 Å². The number of rotatable bonds is 4. The predicted molar refractivity (Wildman–Crippen MR) is 116 cm³/mol. The first-order chi connectivity index (χ1) is 12.8. The quantitative estimate of drug-likeness (QED) is 0.612. The maximum atomic E-state index is 13.4. The summed E-state index contributed by atoms with van der Waals surface area (Å²) >= 11 is 3.58. The summed E-state index contributed by atoms with van der Waals surface area (Å²) in [5.74, 6) is 1.21. The highest BCUT2D eigenvalue weighted by Gasteiger charge is 2.31. The van der Waals surface area contributed by atoms with Crippen LogP contribution >= 0.6 is 15.9 Å². The second-order valence-electron chi connectivity index (χ2n) is 7.78. The van der Waals surface area contributed by atoms with E-state index in [0.717, 1.165) is 23.7 Å². The highest BCUT2D eigenvalue weighted by Crippen LogP contribution is 2.42. The first-order valence-corrected chi connectivity index (χ1v) is 13.3. The fourth-order valence-electron chi connectivity index (χ4n) is 3.75. The minimum absolute atomic E-state index is 0.00599. The number of hydrogen-bond donors (Lipinski definition) is 0. The van der Waals surface area contributed by atoms with Crippen molar-refractivity contribution >= 4 is 35.6 Å². The number of benzene rings is 2. The van der Waals surface area contributed by atoms with Crippen molar-refractivity contribution in [1.82, 2.24) is 0 Å². The Morgan fingerprint density at radius 2 is 1.89 bits per heavy atom. The van der Waals surface area contributed by atoms with Gasteiger partial charge in [-0.3, -0.25) is 4.79 Å². The molecule has 0 atom stereocenters. The monoisotopic (exact) mass is 447 g/mol. The van der Waals surface area contributed by atoms with Crippen LogP contribution in [0.4, 0.5) is 5.69 Å². The number of amides is 1. The lowest BCUT2D eigenvalue weighted by molar-refractivity contribution is 0.0992. The zero-order chi connectivity index (χ0) is 19.8. The number of carbonyl (C=O) groups is 1. The molecule has 1 aliphatic rings. The van der Waals surface area contributed by atoms with Crippen LogP contribution in [-0.4, -0.2) is 35.2 Å². The normalized spacial score (nSPS) is 15.0. The summed E-state index contributed by atoms with van der Waals surface area (Å²) in [7, 11) is 3.71. The van der Waals surface area contributed by atoms with E-state index in [-0.39, 0.29) is 5.91 Å². The van der Waals surface area contributed by atoms with Crippen molar-refractivity contribution in [1.29, 1.82) is 0 Å². The van der Waals surface area contributed by atoms with Gasteiger partial charge in [-0.25, -0.2) is 0 Å². The van der Waals surface area contributed by atoms with Crippen molar-refractivity contribution in [3.05, 3.63) is 51.5 Å². The fourth-order valence-corrected chi connectivity index (χ4v) is 7.00. The van der Waals surface area contributed by atoms with Crippen LogP contribution in [0, 0.1) is 0 Å². The molecule has 1 aliphatic heterocycles. The molecule has 2 aromatic carbocycles. The molecule has 1 amide bonds. The first kappa shape index (κ1) is 20.0. The third-order valence-corrected chi connectivity index (χ3v) is 9.04. The highest BCUT2D eigenvalue weighted by atomic mass is 79.9. The second kappa shape index (κ2) is 7.68. The number of nitrogens with zero attached hydrogens (tertiary/aromatic N) is 1. The van der Waals surface area contributed by atoms with E-state index in [0.29, 0.717) is 16.0 Å². The van der Waals surface area contributed by atoms with E-state index >= 15 is 0 Å². The number of hydrogen-bond acceptors (Lipinski definition) is 3. The lowest BCUT2D eigenvalue weighted by atomic mass is 9.99. The molecule has 0 saturated heterocycles. The number of fused-ring (bicyclic) bond motifs is 1. The molecule has 0 unspecified atom stereocenters. The Balaban J connectivity index is 2.01. The summed E-state index contributed by atoms with van der Waals surface area (Å²) in [4.78, 5) is 15.1. The molecule has 4 nitrogen and oxygen atoms in total. The van der Waals surface area contributed by atoms with Crippen LogP contribution in [0.5, 0.6) is 11.5 Å². The van der Waals surface area contributed by atoms with Crippen LogP contribution in [-0.2, 0) is 12.5 Å². The maximum Gasteiger partial charge on any atom is 0.258 e. The molecule has 0 bridgehead atoms. The maximum absolute atomic E-state index is 13.4. The van der Waals surface area contributed by atoms with Crippen molar-refractivity contribution in [2.24, 2.45) is 0 Å². The van der Waals surface area contributed by atoms with E-state index in [1.807, 2.05) is 24.3 Å². The van der Waals surface area contributed by atoms with Crippen molar-refractivity contribution in [3.8, 4) is 11.5 Å². The van der Waals surface area contributed by atoms with Crippen LogP contribution in [0.1, 0.15) is 21.5 Å². The summed E-state index contributed by atoms with van der Waals surface area (Å²) in [5, 5.41) is 0. The van der Waals surface area contributed by atoms with Gasteiger partial charge >= 0.3 is 0 Å². The molecule has 0 aliphatic carbocycles. The van der Waals surface area contributed by atoms with Gasteiger partial charge in [0.1, 0.15) is 0 Å².